The second kappa shape index (κ2) is 11.5. The van der Waals surface area contributed by atoms with E-state index in [1.165, 1.54) is 7.11 Å². The average Bonchev–Trinajstić information content (AvgIpc) is 2.70. The number of methoxy groups -OCH3 is 1. The van der Waals surface area contributed by atoms with E-state index in [-0.39, 0.29) is 19.4 Å². The predicted octanol–water partition coefficient (Wildman–Crippen LogP) is 1.85. The van der Waals surface area contributed by atoms with E-state index in [4.69, 9.17) is 18.9 Å². The SMILES string of the molecule is COC(=O)[C@H](CCCCNC(=O)OCc1ccccc1)N1COCOC1. The van der Waals surface area contributed by atoms with Crippen molar-refractivity contribution in [1.29, 1.82) is 0 Å². The third-order valence-corrected chi connectivity index (χ3v) is 3.98. The van der Waals surface area contributed by atoms with E-state index in [2.05, 4.69) is 5.32 Å². The fraction of sp³-hybridized carbons (Fsp3) is 0.556. The molecule has 1 aromatic rings. The lowest BCUT2D eigenvalue weighted by Gasteiger charge is -2.32. The second-order valence-corrected chi connectivity index (χ2v) is 5.90. The first-order valence-corrected chi connectivity index (χ1v) is 8.62. The van der Waals surface area contributed by atoms with Crippen LogP contribution in [-0.2, 0) is 30.3 Å². The Morgan fingerprint density at radius 1 is 1.19 bits per heavy atom. The van der Waals surface area contributed by atoms with E-state index in [0.29, 0.717) is 26.4 Å². The summed E-state index contributed by atoms with van der Waals surface area (Å²) < 4.78 is 20.4. The molecule has 1 saturated heterocycles. The van der Waals surface area contributed by atoms with Gasteiger partial charge >= 0.3 is 12.1 Å². The van der Waals surface area contributed by atoms with Crippen LogP contribution in [0.15, 0.2) is 30.3 Å². The fourth-order valence-corrected chi connectivity index (χ4v) is 2.60. The summed E-state index contributed by atoms with van der Waals surface area (Å²) in [5, 5.41) is 2.71. The zero-order valence-corrected chi connectivity index (χ0v) is 15.0. The molecule has 0 aliphatic carbocycles. The minimum atomic E-state index is -0.448. The minimum Gasteiger partial charge on any atom is -0.468 e. The van der Waals surface area contributed by atoms with Gasteiger partial charge in [-0.15, -0.1) is 0 Å². The number of hydrogen-bond acceptors (Lipinski definition) is 7. The number of hydrogen-bond donors (Lipinski definition) is 1. The van der Waals surface area contributed by atoms with Crippen LogP contribution in [0, 0.1) is 0 Å². The lowest BCUT2D eigenvalue weighted by Crippen LogP contribution is -2.47. The third kappa shape index (κ3) is 6.99. The Labute approximate surface area is 153 Å². The second-order valence-electron chi connectivity index (χ2n) is 5.90. The average molecular weight is 366 g/mol. The summed E-state index contributed by atoms with van der Waals surface area (Å²) >= 11 is 0. The van der Waals surface area contributed by atoms with Crippen LogP contribution in [0.1, 0.15) is 24.8 Å². The summed E-state index contributed by atoms with van der Waals surface area (Å²) in [4.78, 5) is 25.4. The van der Waals surface area contributed by atoms with Crippen molar-refractivity contribution in [2.75, 3.05) is 33.9 Å². The van der Waals surface area contributed by atoms with E-state index in [9.17, 15) is 9.59 Å². The van der Waals surface area contributed by atoms with Gasteiger partial charge in [0.1, 0.15) is 32.9 Å². The number of carbonyl (C=O) groups excluding carboxylic acids is 2. The molecule has 1 atom stereocenters. The zero-order valence-electron chi connectivity index (χ0n) is 15.0. The smallest absolute Gasteiger partial charge is 0.407 e. The van der Waals surface area contributed by atoms with Crippen molar-refractivity contribution in [2.24, 2.45) is 0 Å². The molecule has 26 heavy (non-hydrogen) atoms. The highest BCUT2D eigenvalue weighted by Crippen LogP contribution is 2.13. The molecular formula is C18H26N2O6. The number of esters is 1. The molecule has 1 aromatic carbocycles. The highest BCUT2D eigenvalue weighted by Gasteiger charge is 2.28. The van der Waals surface area contributed by atoms with Crippen LogP contribution in [0.25, 0.3) is 0 Å². The Morgan fingerprint density at radius 2 is 1.92 bits per heavy atom. The molecule has 1 heterocycles. The van der Waals surface area contributed by atoms with Gasteiger partial charge in [0.15, 0.2) is 0 Å². The van der Waals surface area contributed by atoms with E-state index in [0.717, 1.165) is 18.4 Å². The van der Waals surface area contributed by atoms with Crippen molar-refractivity contribution < 1.29 is 28.5 Å². The molecule has 1 N–H and O–H groups in total. The molecule has 0 spiro atoms. The van der Waals surface area contributed by atoms with Crippen LogP contribution in [-0.4, -0.2) is 56.9 Å². The van der Waals surface area contributed by atoms with Gasteiger partial charge in [-0.1, -0.05) is 30.3 Å². The number of nitrogens with one attached hydrogen (secondary N) is 1. The predicted molar refractivity (Wildman–Crippen MR) is 92.9 cm³/mol. The number of unbranched alkanes of at least 4 members (excludes halogenated alkanes) is 1. The van der Waals surface area contributed by atoms with Gasteiger partial charge in [0.2, 0.25) is 0 Å². The van der Waals surface area contributed by atoms with Gasteiger partial charge in [0, 0.05) is 6.54 Å². The maximum atomic E-state index is 11.9. The molecular weight excluding hydrogens is 340 g/mol. The van der Waals surface area contributed by atoms with Crippen molar-refractivity contribution >= 4 is 12.1 Å². The number of ether oxygens (including phenoxy) is 4. The largest absolute Gasteiger partial charge is 0.468 e. The molecule has 0 bridgehead atoms. The fourth-order valence-electron chi connectivity index (χ4n) is 2.60. The van der Waals surface area contributed by atoms with Crippen LogP contribution in [0.4, 0.5) is 4.79 Å². The van der Waals surface area contributed by atoms with Gasteiger partial charge in [-0.3, -0.25) is 4.79 Å². The van der Waals surface area contributed by atoms with E-state index in [1.807, 2.05) is 30.3 Å². The van der Waals surface area contributed by atoms with E-state index < -0.39 is 12.1 Å². The Morgan fingerprint density at radius 3 is 2.62 bits per heavy atom. The molecule has 2 rings (SSSR count). The van der Waals surface area contributed by atoms with Crippen LogP contribution in [0.2, 0.25) is 0 Å². The highest BCUT2D eigenvalue weighted by atomic mass is 16.7. The van der Waals surface area contributed by atoms with Gasteiger partial charge in [-0.05, 0) is 24.8 Å². The number of amides is 1. The molecule has 0 aromatic heterocycles. The molecule has 0 saturated carbocycles. The number of rotatable bonds is 9. The Kier molecular flexibility index (Phi) is 8.88. The summed E-state index contributed by atoms with van der Waals surface area (Å²) in [6.07, 6.45) is 1.62. The summed E-state index contributed by atoms with van der Waals surface area (Å²) in [6, 6.07) is 9.08. The summed E-state index contributed by atoms with van der Waals surface area (Å²) in [5.74, 6) is -0.311. The maximum absolute atomic E-state index is 11.9. The molecule has 8 nitrogen and oxygen atoms in total. The number of benzene rings is 1. The van der Waals surface area contributed by atoms with Crippen molar-refractivity contribution in [3.05, 3.63) is 35.9 Å². The van der Waals surface area contributed by atoms with Crippen molar-refractivity contribution in [3.63, 3.8) is 0 Å². The van der Waals surface area contributed by atoms with Gasteiger partial charge < -0.3 is 24.3 Å². The van der Waals surface area contributed by atoms with Crippen molar-refractivity contribution in [2.45, 2.75) is 31.9 Å². The molecule has 8 heteroatoms. The Hall–Kier alpha value is -2.16. The first-order chi connectivity index (χ1) is 12.7. The number of carbonyl (C=O) groups is 2. The monoisotopic (exact) mass is 366 g/mol. The first-order valence-electron chi connectivity index (χ1n) is 8.62. The van der Waals surface area contributed by atoms with Crippen LogP contribution in [0.5, 0.6) is 0 Å². The standard InChI is InChI=1S/C18H26N2O6/c1-23-17(21)16(20-12-24-14-25-13-20)9-5-6-10-19-18(22)26-11-15-7-3-2-4-8-15/h2-4,7-8,16H,5-6,9-14H2,1H3,(H,19,22)/t16-/m0/s1. The number of alkyl carbamates (subject to hydrolysis) is 1. The van der Waals surface area contributed by atoms with Crippen molar-refractivity contribution in [1.82, 2.24) is 10.2 Å². The van der Waals surface area contributed by atoms with Gasteiger partial charge in [0.25, 0.3) is 0 Å². The quantitative estimate of drug-likeness (QED) is 0.527. The van der Waals surface area contributed by atoms with Crippen LogP contribution in [0.3, 0.4) is 0 Å². The van der Waals surface area contributed by atoms with E-state index >= 15 is 0 Å². The van der Waals surface area contributed by atoms with Gasteiger partial charge in [0.05, 0.1) is 7.11 Å². The number of nitrogens with zero attached hydrogens (tertiary/aromatic N) is 1. The maximum Gasteiger partial charge on any atom is 0.407 e. The summed E-state index contributed by atoms with van der Waals surface area (Å²) in [6.45, 7) is 1.63. The lowest BCUT2D eigenvalue weighted by atomic mass is 10.1. The molecule has 1 aliphatic rings. The highest BCUT2D eigenvalue weighted by molar-refractivity contribution is 5.75. The molecule has 1 amide bonds. The topological polar surface area (TPSA) is 86.3 Å². The summed E-state index contributed by atoms with van der Waals surface area (Å²) in [7, 11) is 1.37. The Bertz CT molecular complexity index is 548. The van der Waals surface area contributed by atoms with Crippen molar-refractivity contribution in [3.8, 4) is 0 Å². The van der Waals surface area contributed by atoms with Crippen LogP contribution < -0.4 is 5.32 Å². The first kappa shape index (κ1) is 20.2. The molecule has 1 fully saturated rings. The molecule has 144 valence electrons. The van der Waals surface area contributed by atoms with Crippen LogP contribution >= 0.6 is 0 Å². The Balaban J connectivity index is 1.61. The third-order valence-electron chi connectivity index (χ3n) is 3.98. The summed E-state index contributed by atoms with van der Waals surface area (Å²) in [5.41, 5.74) is 0.939. The van der Waals surface area contributed by atoms with Gasteiger partial charge in [-0.25, -0.2) is 9.69 Å². The van der Waals surface area contributed by atoms with Gasteiger partial charge in [-0.2, -0.15) is 0 Å². The molecule has 1 aliphatic heterocycles. The molecule has 0 unspecified atom stereocenters. The lowest BCUT2D eigenvalue weighted by molar-refractivity contribution is -0.202. The normalized spacial score (nSPS) is 15.9. The van der Waals surface area contributed by atoms with E-state index in [1.54, 1.807) is 4.90 Å². The molecule has 0 radical (unpaired) electrons. The minimum absolute atomic E-state index is 0.236. The zero-order chi connectivity index (χ0) is 18.6.